The van der Waals surface area contributed by atoms with Gasteiger partial charge in [0.1, 0.15) is 11.7 Å². The normalized spacial score (nSPS) is 20.3. The van der Waals surface area contributed by atoms with Crippen molar-refractivity contribution in [2.24, 2.45) is 0 Å². The summed E-state index contributed by atoms with van der Waals surface area (Å²) in [5, 5.41) is 11.8. The zero-order valence-corrected chi connectivity index (χ0v) is 12.3. The van der Waals surface area contributed by atoms with Crippen molar-refractivity contribution in [1.29, 1.82) is 0 Å². The fraction of sp³-hybridized carbons (Fsp3) is 0.357. The number of benzene rings is 1. The Bertz CT molecular complexity index is 608. The van der Waals surface area contributed by atoms with Crippen molar-refractivity contribution in [2.45, 2.75) is 12.0 Å². The number of rotatable bonds is 4. The molecule has 0 N–H and O–H groups in total. The van der Waals surface area contributed by atoms with Gasteiger partial charge in [0, 0.05) is 0 Å². The summed E-state index contributed by atoms with van der Waals surface area (Å²) >= 11 is 0. The minimum absolute atomic E-state index is 0.00230. The van der Waals surface area contributed by atoms with Crippen LogP contribution in [-0.2, 0) is 23.9 Å². The molecule has 0 spiro atoms. The molecule has 1 aromatic carbocycles. The molecular weight excluding hydrogens is 294 g/mol. The van der Waals surface area contributed by atoms with Crippen molar-refractivity contribution in [2.75, 3.05) is 21.3 Å². The molecule has 0 aromatic heterocycles. The highest BCUT2D eigenvalue weighted by atomic mass is 16.9. The maximum absolute atomic E-state index is 11.8. The van der Waals surface area contributed by atoms with Gasteiger partial charge in [0.15, 0.2) is 6.10 Å². The summed E-state index contributed by atoms with van der Waals surface area (Å²) in [6.07, 6.45) is -1.26. The van der Waals surface area contributed by atoms with Gasteiger partial charge in [-0.25, -0.2) is 4.79 Å². The molecule has 0 radical (unpaired) electrons. The van der Waals surface area contributed by atoms with Crippen LogP contribution in [0.2, 0.25) is 0 Å². The molecule has 22 heavy (non-hydrogen) atoms. The SMILES string of the molecule is COC(=O)C1=[N+]([O-])OC(C(=O)OC)C1c1ccc(OC)cc1. The van der Waals surface area contributed by atoms with Crippen LogP contribution in [0.4, 0.5) is 0 Å². The minimum Gasteiger partial charge on any atom is -0.497 e. The van der Waals surface area contributed by atoms with Gasteiger partial charge in [0.25, 0.3) is 0 Å². The lowest BCUT2D eigenvalue weighted by molar-refractivity contribution is -0.736. The lowest BCUT2D eigenvalue weighted by Crippen LogP contribution is -2.33. The number of esters is 2. The highest BCUT2D eigenvalue weighted by Crippen LogP contribution is 2.31. The van der Waals surface area contributed by atoms with Crippen molar-refractivity contribution in [1.82, 2.24) is 0 Å². The molecule has 2 atom stereocenters. The summed E-state index contributed by atoms with van der Waals surface area (Å²) in [6, 6.07) is 6.55. The molecule has 0 aliphatic carbocycles. The molecule has 1 aliphatic heterocycles. The first kappa shape index (κ1) is 15.6. The van der Waals surface area contributed by atoms with Crippen molar-refractivity contribution in [3.63, 3.8) is 0 Å². The second kappa shape index (κ2) is 6.33. The van der Waals surface area contributed by atoms with Crippen LogP contribution >= 0.6 is 0 Å². The van der Waals surface area contributed by atoms with E-state index in [-0.39, 0.29) is 10.6 Å². The minimum atomic E-state index is -1.26. The fourth-order valence-corrected chi connectivity index (χ4v) is 2.22. The zero-order chi connectivity index (χ0) is 16.3. The summed E-state index contributed by atoms with van der Waals surface area (Å²) in [6.45, 7) is 0. The van der Waals surface area contributed by atoms with Crippen LogP contribution in [0.3, 0.4) is 0 Å². The molecular formula is C14H15NO7. The van der Waals surface area contributed by atoms with Crippen LogP contribution in [0, 0.1) is 5.21 Å². The maximum Gasteiger partial charge on any atom is 0.405 e. The molecule has 118 valence electrons. The third-order valence-electron chi connectivity index (χ3n) is 3.31. The highest BCUT2D eigenvalue weighted by molar-refractivity contribution is 6.37. The fourth-order valence-electron chi connectivity index (χ4n) is 2.22. The van der Waals surface area contributed by atoms with E-state index < -0.39 is 24.0 Å². The number of carbonyl (C=O) groups excluding carboxylic acids is 2. The second-order valence-electron chi connectivity index (χ2n) is 4.43. The molecule has 1 aromatic rings. The molecule has 0 amide bonds. The average molecular weight is 309 g/mol. The van der Waals surface area contributed by atoms with Gasteiger partial charge in [-0.15, -0.1) is 0 Å². The van der Waals surface area contributed by atoms with E-state index in [1.807, 2.05) is 0 Å². The summed E-state index contributed by atoms with van der Waals surface area (Å²) in [5.74, 6) is -1.97. The molecule has 2 unspecified atom stereocenters. The van der Waals surface area contributed by atoms with Crippen LogP contribution in [-0.4, -0.2) is 50.0 Å². The average Bonchev–Trinajstić information content (AvgIpc) is 2.90. The summed E-state index contributed by atoms with van der Waals surface area (Å²) in [5.41, 5.74) is 0.206. The van der Waals surface area contributed by atoms with Crippen LogP contribution < -0.4 is 4.74 Å². The summed E-state index contributed by atoms with van der Waals surface area (Å²) < 4.78 is 14.3. The topological polar surface area (TPSA) is 97.1 Å². The molecule has 2 rings (SSSR count). The van der Waals surface area contributed by atoms with Gasteiger partial charge in [-0.05, 0) is 17.7 Å². The monoisotopic (exact) mass is 309 g/mol. The van der Waals surface area contributed by atoms with E-state index in [2.05, 4.69) is 9.47 Å². The van der Waals surface area contributed by atoms with Crippen LogP contribution in [0.15, 0.2) is 24.3 Å². The van der Waals surface area contributed by atoms with Gasteiger partial charge >= 0.3 is 17.7 Å². The van der Waals surface area contributed by atoms with Crippen LogP contribution in [0.5, 0.6) is 5.75 Å². The first-order valence-electron chi connectivity index (χ1n) is 6.34. The second-order valence-corrected chi connectivity index (χ2v) is 4.43. The van der Waals surface area contributed by atoms with E-state index in [4.69, 9.17) is 9.57 Å². The number of methoxy groups -OCH3 is 3. The third kappa shape index (κ3) is 2.67. The smallest absolute Gasteiger partial charge is 0.405 e. The predicted molar refractivity (Wildman–Crippen MR) is 73.3 cm³/mol. The van der Waals surface area contributed by atoms with Gasteiger partial charge in [0.2, 0.25) is 0 Å². The van der Waals surface area contributed by atoms with E-state index in [1.165, 1.54) is 14.2 Å². The Morgan fingerprint density at radius 1 is 1.14 bits per heavy atom. The first-order valence-corrected chi connectivity index (χ1v) is 6.34. The van der Waals surface area contributed by atoms with Gasteiger partial charge in [-0.2, -0.15) is 0 Å². The predicted octanol–water partition coefficient (Wildman–Crippen LogP) is 0.390. The highest BCUT2D eigenvalue weighted by Gasteiger charge is 2.50. The Kier molecular flexibility index (Phi) is 4.50. The molecule has 0 fully saturated rings. The number of ether oxygens (including phenoxy) is 3. The number of carbonyl (C=O) groups is 2. The van der Waals surface area contributed by atoms with E-state index in [1.54, 1.807) is 24.3 Å². The molecule has 1 aliphatic rings. The Morgan fingerprint density at radius 2 is 1.77 bits per heavy atom. The lowest BCUT2D eigenvalue weighted by atomic mass is 9.89. The molecule has 0 bridgehead atoms. The van der Waals surface area contributed by atoms with Gasteiger partial charge < -0.3 is 19.0 Å². The number of nitrogens with zero attached hydrogens (tertiary/aromatic N) is 1. The van der Waals surface area contributed by atoms with Crippen molar-refractivity contribution in [3.05, 3.63) is 35.0 Å². The molecule has 8 nitrogen and oxygen atoms in total. The molecule has 1 heterocycles. The number of hydrogen-bond acceptors (Lipinski definition) is 7. The van der Waals surface area contributed by atoms with E-state index in [0.29, 0.717) is 11.3 Å². The molecule has 8 heteroatoms. The zero-order valence-electron chi connectivity index (χ0n) is 12.3. The van der Waals surface area contributed by atoms with E-state index >= 15 is 0 Å². The largest absolute Gasteiger partial charge is 0.497 e. The quantitative estimate of drug-likeness (QED) is 0.586. The first-order chi connectivity index (χ1) is 10.5. The van der Waals surface area contributed by atoms with Crippen molar-refractivity contribution < 1.29 is 33.5 Å². The summed E-state index contributed by atoms with van der Waals surface area (Å²) in [4.78, 5) is 28.6. The van der Waals surface area contributed by atoms with Crippen LogP contribution in [0.25, 0.3) is 0 Å². The van der Waals surface area contributed by atoms with Gasteiger partial charge in [0.05, 0.1) is 26.2 Å². The molecule has 0 saturated carbocycles. The van der Waals surface area contributed by atoms with Crippen molar-refractivity contribution >= 4 is 17.7 Å². The maximum atomic E-state index is 11.8. The van der Waals surface area contributed by atoms with Gasteiger partial charge in [-0.1, -0.05) is 12.1 Å². The Morgan fingerprint density at radius 3 is 2.27 bits per heavy atom. The van der Waals surface area contributed by atoms with Crippen molar-refractivity contribution in [3.8, 4) is 5.75 Å². The Balaban J connectivity index is 2.46. The summed E-state index contributed by atoms with van der Waals surface area (Å²) in [7, 11) is 3.82. The Labute approximate surface area is 126 Å². The van der Waals surface area contributed by atoms with Crippen LogP contribution in [0.1, 0.15) is 11.5 Å². The molecule has 0 saturated heterocycles. The Hall–Kier alpha value is -2.77. The lowest BCUT2D eigenvalue weighted by Gasteiger charge is -2.16. The standard InChI is InChI=1S/C14H15NO7/c1-19-9-6-4-8(5-7-9)10-11(13(16)20-2)15(18)22-12(10)14(17)21-3/h4-7,10,12H,1-3H3. The van der Waals surface area contributed by atoms with E-state index in [0.717, 1.165) is 7.11 Å². The van der Waals surface area contributed by atoms with Gasteiger partial charge in [-0.3, -0.25) is 10.0 Å². The van der Waals surface area contributed by atoms with E-state index in [9.17, 15) is 14.8 Å². The number of hydrogen-bond donors (Lipinski definition) is 0. The third-order valence-corrected chi connectivity index (χ3v) is 3.31.